The van der Waals surface area contributed by atoms with Crippen molar-refractivity contribution in [1.82, 2.24) is 40.9 Å². The van der Waals surface area contributed by atoms with Crippen LogP contribution < -0.4 is 16.0 Å². The molecule has 0 unspecified atom stereocenters. The number of Topliss-reactive ketones (excluding diaryl/α,β-unsaturated/α-hetero) is 1. The van der Waals surface area contributed by atoms with E-state index in [0.717, 1.165) is 11.4 Å². The van der Waals surface area contributed by atoms with Gasteiger partial charge in [0.25, 0.3) is 0 Å². The van der Waals surface area contributed by atoms with E-state index in [2.05, 4.69) is 48.1 Å². The number of amides is 3. The van der Waals surface area contributed by atoms with Gasteiger partial charge in [0.2, 0.25) is 17.7 Å². The molecule has 2 aromatic rings. The van der Waals surface area contributed by atoms with Crippen LogP contribution in [0, 0.1) is 23.7 Å². The molecule has 2 atom stereocenters. The molecule has 0 aliphatic heterocycles. The third-order valence-corrected chi connectivity index (χ3v) is 9.47. The number of ether oxygens (including phenoxy) is 9. The molecule has 0 saturated carbocycles. The molecule has 21 heteroatoms. The first-order chi connectivity index (χ1) is 32.9. The standard InChI is InChI=1S/C47H78N8O13/c1-36(2)44(47(59)51-39(7)45(58)37(3)4)52-43(57)35-68-30-29-67-28-27-66-26-25-65-24-23-64-22-21-63-20-19-62-18-17-61-16-15-60-14-13-55-34-41(53-54-55)33-48-42(56)12-10-8-9-11-40-31-49-46(38(5)6)50-32-40/h31-32,34,36-39,44H,8,10,12-30,33,35H2,1-7H3,(H,48,56)(H,51,59)(H,52,57)/t39-,44-/m0/s1. The Balaban J connectivity index is 1.27. The summed E-state index contributed by atoms with van der Waals surface area (Å²) in [5, 5.41) is 16.4. The maximum absolute atomic E-state index is 12.6. The molecule has 2 aromatic heterocycles. The molecule has 0 bridgehead atoms. The Morgan fingerprint density at radius 2 is 1.12 bits per heavy atom. The fraction of sp³-hybridized carbons (Fsp3) is 0.745. The van der Waals surface area contributed by atoms with Crippen LogP contribution in [0.3, 0.4) is 0 Å². The summed E-state index contributed by atoms with van der Waals surface area (Å²) < 4.78 is 51.2. The fourth-order valence-corrected chi connectivity index (χ4v) is 5.72. The summed E-state index contributed by atoms with van der Waals surface area (Å²) in [5.41, 5.74) is 1.44. The highest BCUT2D eigenvalue weighted by Gasteiger charge is 2.27. The minimum Gasteiger partial charge on any atom is -0.377 e. The van der Waals surface area contributed by atoms with Crippen molar-refractivity contribution in [3.05, 3.63) is 35.7 Å². The van der Waals surface area contributed by atoms with Crippen molar-refractivity contribution < 1.29 is 61.8 Å². The molecule has 2 heterocycles. The average Bonchev–Trinajstić information content (AvgIpc) is 3.78. The molecular formula is C47H78N8O13. The molecule has 0 aliphatic rings. The second-order valence-corrected chi connectivity index (χ2v) is 16.4. The van der Waals surface area contributed by atoms with Crippen molar-refractivity contribution in [2.45, 2.75) is 98.8 Å². The molecule has 21 nitrogen and oxygen atoms in total. The lowest BCUT2D eigenvalue weighted by atomic mass is 10.0. The normalized spacial score (nSPS) is 12.3. The van der Waals surface area contributed by atoms with E-state index in [0.29, 0.717) is 137 Å². The second kappa shape index (κ2) is 38.4. The van der Waals surface area contributed by atoms with E-state index in [1.54, 1.807) is 44.0 Å². The number of carbonyl (C=O) groups excluding carboxylic acids is 4. The zero-order chi connectivity index (χ0) is 49.6. The van der Waals surface area contributed by atoms with Crippen molar-refractivity contribution in [2.24, 2.45) is 11.8 Å². The summed E-state index contributed by atoms with van der Waals surface area (Å²) in [4.78, 5) is 57.9. The van der Waals surface area contributed by atoms with Gasteiger partial charge in [0.05, 0.1) is 143 Å². The number of ketones is 1. The highest BCUT2D eigenvalue weighted by atomic mass is 16.6. The molecule has 3 amide bonds. The third-order valence-electron chi connectivity index (χ3n) is 9.47. The minimum absolute atomic E-state index is 0.0602. The molecule has 68 heavy (non-hydrogen) atoms. The quantitative estimate of drug-likeness (QED) is 0.0638. The third kappa shape index (κ3) is 30.1. The second-order valence-electron chi connectivity index (χ2n) is 16.4. The Kier molecular flexibility index (Phi) is 33.6. The number of unbranched alkanes of at least 4 members (excludes halogenated alkanes) is 1. The van der Waals surface area contributed by atoms with Gasteiger partial charge in [0, 0.05) is 37.1 Å². The van der Waals surface area contributed by atoms with Crippen LogP contribution in [0.5, 0.6) is 0 Å². The molecule has 0 saturated heterocycles. The summed E-state index contributed by atoms with van der Waals surface area (Å²) in [6.07, 6.45) is 6.88. The Morgan fingerprint density at radius 3 is 1.59 bits per heavy atom. The number of hydrogen-bond acceptors (Lipinski definition) is 17. The molecule has 0 spiro atoms. The Labute approximate surface area is 402 Å². The zero-order valence-electron chi connectivity index (χ0n) is 41.4. The van der Waals surface area contributed by atoms with Crippen LogP contribution >= 0.6 is 0 Å². The molecule has 384 valence electrons. The fourth-order valence-electron chi connectivity index (χ4n) is 5.72. The molecule has 0 radical (unpaired) electrons. The lowest BCUT2D eigenvalue weighted by Crippen LogP contribution is -2.54. The molecule has 0 fully saturated rings. The summed E-state index contributed by atoms with van der Waals surface area (Å²) in [7, 11) is 0. The van der Waals surface area contributed by atoms with E-state index >= 15 is 0 Å². The minimum atomic E-state index is -0.781. The van der Waals surface area contributed by atoms with Crippen LogP contribution in [0.2, 0.25) is 0 Å². The Hall–Kier alpha value is -4.50. The van der Waals surface area contributed by atoms with Gasteiger partial charge in [-0.1, -0.05) is 58.6 Å². The zero-order valence-corrected chi connectivity index (χ0v) is 41.4. The number of nitrogens with zero attached hydrogens (tertiary/aromatic N) is 5. The van der Waals surface area contributed by atoms with Gasteiger partial charge in [-0.25, -0.2) is 14.6 Å². The largest absolute Gasteiger partial charge is 0.377 e. The molecule has 3 N–H and O–H groups in total. The summed E-state index contributed by atoms with van der Waals surface area (Å²) >= 11 is 0. The highest BCUT2D eigenvalue weighted by molar-refractivity contribution is 5.93. The van der Waals surface area contributed by atoms with Crippen LogP contribution in [0.25, 0.3) is 0 Å². The van der Waals surface area contributed by atoms with Crippen LogP contribution in [-0.4, -0.2) is 179 Å². The maximum atomic E-state index is 12.6. The van der Waals surface area contributed by atoms with Gasteiger partial charge in [-0.15, -0.1) is 5.10 Å². The van der Waals surface area contributed by atoms with Gasteiger partial charge in [0.15, 0.2) is 5.78 Å². The van der Waals surface area contributed by atoms with Gasteiger partial charge in [0.1, 0.15) is 24.2 Å². The highest BCUT2D eigenvalue weighted by Crippen LogP contribution is 2.08. The van der Waals surface area contributed by atoms with Crippen LogP contribution in [-0.2, 0) is 74.9 Å². The topological polar surface area (TPSA) is 244 Å². The lowest BCUT2D eigenvalue weighted by molar-refractivity contribution is -0.134. The number of hydrogen-bond donors (Lipinski definition) is 3. The molecule has 0 aliphatic carbocycles. The van der Waals surface area contributed by atoms with Crippen molar-refractivity contribution in [2.75, 3.05) is 119 Å². The summed E-state index contributed by atoms with van der Waals surface area (Å²) in [5.74, 6) is 5.84. The van der Waals surface area contributed by atoms with E-state index in [-0.39, 0.29) is 49.3 Å². The monoisotopic (exact) mass is 963 g/mol. The first kappa shape index (κ1) is 59.6. The van der Waals surface area contributed by atoms with Gasteiger partial charge in [-0.3, -0.25) is 19.2 Å². The van der Waals surface area contributed by atoms with E-state index in [4.69, 9.17) is 42.6 Å². The smallest absolute Gasteiger partial charge is 0.246 e. The molecule has 0 aromatic carbocycles. The van der Waals surface area contributed by atoms with Gasteiger partial charge in [-0.2, -0.15) is 0 Å². The SMILES string of the molecule is CC(C)C(=O)[C@H](C)NC(=O)[C@@H](NC(=O)COCCOCCOCCOCCOCCOCCOCCOCCOCCn1cc(CNC(=O)CCCC#Cc2cnc(C(C)C)nc2)nn1)C(C)C. The van der Waals surface area contributed by atoms with Crippen LogP contribution in [0.1, 0.15) is 90.7 Å². The first-order valence-electron chi connectivity index (χ1n) is 23.7. The maximum Gasteiger partial charge on any atom is 0.246 e. The summed E-state index contributed by atoms with van der Waals surface area (Å²) in [6.45, 7) is 20.6. The first-order valence-corrected chi connectivity index (χ1v) is 23.7. The number of carbonyl (C=O) groups is 4. The van der Waals surface area contributed by atoms with Crippen LogP contribution in [0.4, 0.5) is 0 Å². The summed E-state index contributed by atoms with van der Waals surface area (Å²) in [6, 6.07) is -1.42. The predicted octanol–water partition coefficient (Wildman–Crippen LogP) is 2.05. The van der Waals surface area contributed by atoms with Crippen molar-refractivity contribution in [1.29, 1.82) is 0 Å². The van der Waals surface area contributed by atoms with E-state index in [1.165, 1.54) is 0 Å². The average molecular weight is 963 g/mol. The van der Waals surface area contributed by atoms with Gasteiger partial charge in [-0.05, 0) is 19.3 Å². The van der Waals surface area contributed by atoms with E-state index < -0.39 is 23.9 Å². The van der Waals surface area contributed by atoms with Crippen molar-refractivity contribution >= 4 is 23.5 Å². The van der Waals surface area contributed by atoms with Crippen molar-refractivity contribution in [3.8, 4) is 11.8 Å². The van der Waals surface area contributed by atoms with Crippen LogP contribution in [0.15, 0.2) is 18.6 Å². The van der Waals surface area contributed by atoms with E-state index in [1.807, 2.05) is 27.7 Å². The number of rotatable bonds is 41. The van der Waals surface area contributed by atoms with Crippen molar-refractivity contribution in [3.63, 3.8) is 0 Å². The van der Waals surface area contributed by atoms with Gasteiger partial charge >= 0.3 is 0 Å². The van der Waals surface area contributed by atoms with E-state index in [9.17, 15) is 19.2 Å². The molecular weight excluding hydrogens is 885 g/mol. The molecule has 2 rings (SSSR count). The Morgan fingerprint density at radius 1 is 0.632 bits per heavy atom. The Bertz CT molecular complexity index is 1720. The van der Waals surface area contributed by atoms with Gasteiger partial charge < -0.3 is 58.6 Å². The lowest BCUT2D eigenvalue weighted by Gasteiger charge is -2.24. The predicted molar refractivity (Wildman–Crippen MR) is 250 cm³/mol. The number of aromatic nitrogens is 5. The number of nitrogens with one attached hydrogen (secondary N) is 3.